The quantitative estimate of drug-likeness (QED) is 0.283. The molecule has 0 aliphatic rings. The van der Waals surface area contributed by atoms with Gasteiger partial charge in [-0.05, 0) is 12.0 Å². The lowest BCUT2D eigenvalue weighted by Gasteiger charge is -2.26. The molecule has 1 aromatic carbocycles. The predicted molar refractivity (Wildman–Crippen MR) is 117 cm³/mol. The van der Waals surface area contributed by atoms with Crippen LogP contribution in [0, 0.1) is 5.92 Å². The van der Waals surface area contributed by atoms with Crippen molar-refractivity contribution in [2.24, 2.45) is 5.92 Å². The van der Waals surface area contributed by atoms with E-state index in [0.717, 1.165) is 10.6 Å². The second kappa shape index (κ2) is 10.5. The Bertz CT molecular complexity index is 777. The van der Waals surface area contributed by atoms with Crippen LogP contribution < -0.4 is 0 Å². The fraction of sp³-hybridized carbons (Fsp3) is 0.400. The molecule has 8 heteroatoms. The fourth-order valence-corrected chi connectivity index (χ4v) is 3.65. The summed E-state index contributed by atoms with van der Waals surface area (Å²) in [5, 5.41) is 2.78. The van der Waals surface area contributed by atoms with Gasteiger partial charge in [-0.3, -0.25) is 4.79 Å². The number of likely N-dealkylation sites (N-methyl/N-ethyl adjacent to an activating group) is 1. The zero-order valence-electron chi connectivity index (χ0n) is 15.9. The van der Waals surface area contributed by atoms with Crippen molar-refractivity contribution in [3.8, 4) is 0 Å². The number of allylic oxidation sites excluding steroid dienone is 1. The number of benzene rings is 1. The van der Waals surface area contributed by atoms with E-state index in [-0.39, 0.29) is 17.9 Å². The lowest BCUT2D eigenvalue weighted by Crippen LogP contribution is -2.31. The van der Waals surface area contributed by atoms with Gasteiger partial charge in [-0.2, -0.15) is 0 Å². The maximum absolute atomic E-state index is 12.9. The Kier molecular flexibility index (Phi) is 8.62. The average molecular weight is 462 g/mol. The molecule has 1 aromatic heterocycles. The first kappa shape index (κ1) is 23.0. The van der Waals surface area contributed by atoms with Crippen LogP contribution in [-0.2, 0) is 16.0 Å². The first-order valence-electron chi connectivity index (χ1n) is 8.73. The second-order valence-corrected chi connectivity index (χ2v) is 9.78. The standard InChI is InChI=1S/C20H23Cl3N2O2S/c1-14(20(21,22)23)11-16(27-3)13-18(26)25(2)17(19-24-9-10-28-19)12-15-7-5-4-6-8-15/h4-10,13-14,17H,11-12H2,1-3H3/b16-13-. The van der Waals surface area contributed by atoms with Gasteiger partial charge < -0.3 is 9.64 Å². The Labute approximate surface area is 185 Å². The Morgan fingerprint density at radius 3 is 2.54 bits per heavy atom. The van der Waals surface area contributed by atoms with Crippen molar-refractivity contribution in [3.63, 3.8) is 0 Å². The summed E-state index contributed by atoms with van der Waals surface area (Å²) in [6.07, 6.45) is 4.21. The van der Waals surface area contributed by atoms with Crippen molar-refractivity contribution in [3.05, 3.63) is 64.3 Å². The lowest BCUT2D eigenvalue weighted by molar-refractivity contribution is -0.127. The molecule has 0 bridgehead atoms. The molecule has 0 N–H and O–H groups in total. The van der Waals surface area contributed by atoms with Crippen LogP contribution in [0.25, 0.3) is 0 Å². The molecule has 0 radical (unpaired) electrons. The maximum Gasteiger partial charge on any atom is 0.250 e. The Balaban J connectivity index is 2.20. The van der Waals surface area contributed by atoms with Gasteiger partial charge >= 0.3 is 0 Å². The van der Waals surface area contributed by atoms with Gasteiger partial charge in [0.1, 0.15) is 10.8 Å². The van der Waals surface area contributed by atoms with Gasteiger partial charge in [0.25, 0.3) is 0 Å². The van der Waals surface area contributed by atoms with Crippen molar-refractivity contribution in [2.45, 2.75) is 29.6 Å². The number of methoxy groups -OCH3 is 1. The summed E-state index contributed by atoms with van der Waals surface area (Å²) >= 11 is 19.3. The van der Waals surface area contributed by atoms with Crippen LogP contribution in [0.15, 0.2) is 53.7 Å². The monoisotopic (exact) mass is 460 g/mol. The summed E-state index contributed by atoms with van der Waals surface area (Å²) in [6.45, 7) is 1.79. The number of carbonyl (C=O) groups excluding carboxylic acids is 1. The molecule has 152 valence electrons. The van der Waals surface area contributed by atoms with E-state index >= 15 is 0 Å². The summed E-state index contributed by atoms with van der Waals surface area (Å²) in [6, 6.07) is 9.83. The molecular weight excluding hydrogens is 439 g/mol. The lowest BCUT2D eigenvalue weighted by atomic mass is 10.0. The summed E-state index contributed by atoms with van der Waals surface area (Å²) < 4.78 is 3.92. The molecule has 1 amide bonds. The first-order chi connectivity index (χ1) is 13.2. The van der Waals surface area contributed by atoms with Crippen LogP contribution in [0.1, 0.15) is 30.0 Å². The minimum atomic E-state index is -1.43. The number of hydrogen-bond acceptors (Lipinski definition) is 4. The average Bonchev–Trinajstić information content (AvgIpc) is 3.19. The van der Waals surface area contributed by atoms with Crippen molar-refractivity contribution in [2.75, 3.05) is 14.2 Å². The third-order valence-corrected chi connectivity index (χ3v) is 6.43. The summed E-state index contributed by atoms with van der Waals surface area (Å²) in [5.41, 5.74) is 1.13. The number of carbonyl (C=O) groups is 1. The van der Waals surface area contributed by atoms with Crippen LogP contribution in [0.4, 0.5) is 0 Å². The van der Waals surface area contributed by atoms with E-state index in [1.165, 1.54) is 24.5 Å². The Hall–Kier alpha value is -1.27. The zero-order chi connectivity index (χ0) is 20.7. The van der Waals surface area contributed by atoms with Gasteiger partial charge in [0, 0.05) is 37.0 Å². The topological polar surface area (TPSA) is 42.4 Å². The van der Waals surface area contributed by atoms with Crippen molar-refractivity contribution in [1.29, 1.82) is 0 Å². The fourth-order valence-electron chi connectivity index (χ4n) is 2.64. The summed E-state index contributed by atoms with van der Waals surface area (Å²) in [4.78, 5) is 19.0. The number of alkyl halides is 3. The number of aromatic nitrogens is 1. The number of ether oxygens (including phenoxy) is 1. The van der Waals surface area contributed by atoms with E-state index in [4.69, 9.17) is 39.5 Å². The minimum absolute atomic E-state index is 0.185. The number of nitrogens with zero attached hydrogens (tertiary/aromatic N) is 2. The van der Waals surface area contributed by atoms with E-state index in [2.05, 4.69) is 4.98 Å². The van der Waals surface area contributed by atoms with E-state index < -0.39 is 3.79 Å². The van der Waals surface area contributed by atoms with E-state index in [1.807, 2.05) is 35.7 Å². The van der Waals surface area contributed by atoms with Crippen LogP contribution in [0.2, 0.25) is 0 Å². The van der Waals surface area contributed by atoms with Crippen LogP contribution in [0.5, 0.6) is 0 Å². The number of halogens is 3. The highest BCUT2D eigenvalue weighted by molar-refractivity contribution is 7.09. The zero-order valence-corrected chi connectivity index (χ0v) is 19.0. The molecule has 0 saturated carbocycles. The number of hydrogen-bond donors (Lipinski definition) is 0. The molecule has 2 rings (SSSR count). The Morgan fingerprint density at radius 1 is 1.32 bits per heavy atom. The molecule has 0 spiro atoms. The van der Waals surface area contributed by atoms with Crippen LogP contribution in [0.3, 0.4) is 0 Å². The van der Waals surface area contributed by atoms with E-state index in [9.17, 15) is 4.79 Å². The number of thiazole rings is 1. The molecule has 2 aromatic rings. The first-order valence-corrected chi connectivity index (χ1v) is 10.7. The molecule has 0 fully saturated rings. The van der Waals surface area contributed by atoms with E-state index in [1.54, 1.807) is 25.1 Å². The highest BCUT2D eigenvalue weighted by Crippen LogP contribution is 2.38. The molecule has 1 heterocycles. The molecule has 4 nitrogen and oxygen atoms in total. The van der Waals surface area contributed by atoms with E-state index in [0.29, 0.717) is 18.6 Å². The van der Waals surface area contributed by atoms with Crippen molar-refractivity contribution in [1.82, 2.24) is 9.88 Å². The number of rotatable bonds is 8. The molecule has 2 atom stereocenters. The highest BCUT2D eigenvalue weighted by Gasteiger charge is 2.30. The summed E-state index contributed by atoms with van der Waals surface area (Å²) in [7, 11) is 3.27. The van der Waals surface area contributed by atoms with Gasteiger partial charge in [-0.1, -0.05) is 72.1 Å². The van der Waals surface area contributed by atoms with Gasteiger partial charge in [-0.25, -0.2) is 4.98 Å². The minimum Gasteiger partial charge on any atom is -0.501 e. The molecule has 28 heavy (non-hydrogen) atoms. The third kappa shape index (κ3) is 6.66. The SMILES string of the molecule is CO/C(=C\C(=O)N(C)C(Cc1ccccc1)c1nccs1)CC(C)C(Cl)(Cl)Cl. The largest absolute Gasteiger partial charge is 0.501 e. The Morgan fingerprint density at radius 2 is 2.00 bits per heavy atom. The highest BCUT2D eigenvalue weighted by atomic mass is 35.6. The van der Waals surface area contributed by atoms with Gasteiger partial charge in [-0.15, -0.1) is 11.3 Å². The normalized spacial score (nSPS) is 14.4. The molecular formula is C20H23Cl3N2O2S. The molecule has 0 aliphatic heterocycles. The van der Waals surface area contributed by atoms with Crippen LogP contribution >= 0.6 is 46.1 Å². The van der Waals surface area contributed by atoms with Crippen molar-refractivity contribution >= 4 is 52.0 Å². The molecule has 0 saturated heterocycles. The van der Waals surface area contributed by atoms with Crippen molar-refractivity contribution < 1.29 is 9.53 Å². The molecule has 0 aliphatic carbocycles. The third-order valence-electron chi connectivity index (χ3n) is 4.44. The van der Waals surface area contributed by atoms with Crippen LogP contribution in [-0.4, -0.2) is 33.7 Å². The van der Waals surface area contributed by atoms with Gasteiger partial charge in [0.15, 0.2) is 3.79 Å². The second-order valence-electron chi connectivity index (χ2n) is 6.49. The smallest absolute Gasteiger partial charge is 0.250 e. The van der Waals surface area contributed by atoms with Gasteiger partial charge in [0.05, 0.1) is 13.2 Å². The number of amides is 1. The van der Waals surface area contributed by atoms with Gasteiger partial charge in [0.2, 0.25) is 5.91 Å². The maximum atomic E-state index is 12.9. The predicted octanol–water partition coefficient (Wildman–Crippen LogP) is 5.81. The summed E-state index contributed by atoms with van der Waals surface area (Å²) in [5.74, 6) is -0.0290. The molecule has 2 unspecified atom stereocenters.